The fourth-order valence-electron chi connectivity index (χ4n) is 6.26. The van der Waals surface area contributed by atoms with Gasteiger partial charge in [0.1, 0.15) is 29.6 Å². The van der Waals surface area contributed by atoms with E-state index in [1.54, 1.807) is 5.51 Å². The van der Waals surface area contributed by atoms with Crippen molar-refractivity contribution in [2.24, 2.45) is 5.92 Å². The van der Waals surface area contributed by atoms with Gasteiger partial charge in [-0.15, -0.1) is 11.3 Å². The molecule has 3 aliphatic rings. The fourth-order valence-corrected chi connectivity index (χ4v) is 6.92. The van der Waals surface area contributed by atoms with Crippen LogP contribution in [-0.2, 0) is 23.7 Å². The normalized spacial score (nSPS) is 20.7. The number of nitrogens with one attached hydrogen (secondary N) is 2. The average Bonchev–Trinajstić information content (AvgIpc) is 3.36. The number of aromatic nitrogens is 3. The highest BCUT2D eigenvalue weighted by molar-refractivity contribution is 7.16. The molecular formula is C30H23F6N5OS. The second-order valence-corrected chi connectivity index (χ2v) is 11.8. The summed E-state index contributed by atoms with van der Waals surface area (Å²) in [6.45, 7) is -0.345. The third kappa shape index (κ3) is 4.89. The number of amides is 1. The molecule has 0 bridgehead atoms. The van der Waals surface area contributed by atoms with Crippen molar-refractivity contribution in [3.05, 3.63) is 99.5 Å². The predicted molar refractivity (Wildman–Crippen MR) is 148 cm³/mol. The number of carbonyl (C=O) groups excluding carboxylic acids is 1. The topological polar surface area (TPSA) is 71.8 Å². The molecule has 3 atom stereocenters. The number of alkyl halides is 4. The van der Waals surface area contributed by atoms with Crippen LogP contribution >= 0.6 is 11.3 Å². The van der Waals surface area contributed by atoms with Gasteiger partial charge in [0.2, 0.25) is 5.91 Å². The minimum atomic E-state index is -3.38. The number of thiazole rings is 1. The summed E-state index contributed by atoms with van der Waals surface area (Å²) in [5.41, 5.74) is 3.20. The molecule has 13 heteroatoms. The number of nitrogens with zero attached hydrogens (tertiary/aromatic N) is 3. The van der Waals surface area contributed by atoms with Crippen LogP contribution in [0.15, 0.2) is 59.8 Å². The Balaban J connectivity index is 1.25. The number of benzene rings is 2. The van der Waals surface area contributed by atoms with E-state index in [2.05, 4.69) is 20.7 Å². The van der Waals surface area contributed by atoms with Crippen LogP contribution in [0.5, 0.6) is 0 Å². The molecule has 0 spiro atoms. The molecule has 0 saturated heterocycles. The lowest BCUT2D eigenvalue weighted by atomic mass is 9.93. The molecule has 6 nitrogen and oxygen atoms in total. The predicted octanol–water partition coefficient (Wildman–Crippen LogP) is 6.22. The van der Waals surface area contributed by atoms with E-state index < -0.39 is 65.7 Å². The average molecular weight is 616 g/mol. The van der Waals surface area contributed by atoms with Crippen molar-refractivity contribution in [1.29, 1.82) is 0 Å². The van der Waals surface area contributed by atoms with Gasteiger partial charge >= 0.3 is 0 Å². The molecule has 1 amide bonds. The zero-order valence-corrected chi connectivity index (χ0v) is 23.1. The maximum absolute atomic E-state index is 15.1. The van der Waals surface area contributed by atoms with Crippen LogP contribution in [0, 0.1) is 17.6 Å². The molecule has 2 N–H and O–H groups in total. The molecule has 2 aliphatic carbocycles. The van der Waals surface area contributed by atoms with Crippen LogP contribution in [0.2, 0.25) is 0 Å². The Morgan fingerprint density at radius 2 is 1.95 bits per heavy atom. The van der Waals surface area contributed by atoms with Gasteiger partial charge in [-0.3, -0.25) is 9.48 Å². The van der Waals surface area contributed by atoms with E-state index in [0.717, 1.165) is 34.0 Å². The molecule has 2 aromatic carbocycles. The number of allylic oxidation sites excluding steroid dienone is 2. The lowest BCUT2D eigenvalue weighted by molar-refractivity contribution is -0.122. The van der Waals surface area contributed by atoms with Crippen molar-refractivity contribution in [2.75, 3.05) is 6.54 Å². The molecule has 4 aromatic rings. The third-order valence-electron chi connectivity index (χ3n) is 8.13. The molecule has 2 aromatic heterocycles. The lowest BCUT2D eigenvalue weighted by Crippen LogP contribution is -2.44. The monoisotopic (exact) mass is 615 g/mol. The van der Waals surface area contributed by atoms with Crippen LogP contribution in [0.25, 0.3) is 15.8 Å². The third-order valence-corrected chi connectivity index (χ3v) is 8.94. The SMILES string of the molecule is O=C(Cn1nc(C(F)F)c2c1C(F)(F)C1CC21)N[C@@H](Cc1cc(F)cc(F)c1)C1=C(c2ccc3scnc3c2)C=CCN1. The molecule has 3 heterocycles. The zero-order chi connectivity index (χ0) is 30.0. The zero-order valence-electron chi connectivity index (χ0n) is 22.3. The Kier molecular flexibility index (Phi) is 6.60. The summed E-state index contributed by atoms with van der Waals surface area (Å²) in [4.78, 5) is 17.8. The Hall–Kier alpha value is -4.13. The summed E-state index contributed by atoms with van der Waals surface area (Å²) < 4.78 is 87.5. The molecule has 7 rings (SSSR count). The second-order valence-electron chi connectivity index (χ2n) is 10.9. The van der Waals surface area contributed by atoms with Gasteiger partial charge in [-0.2, -0.15) is 13.9 Å². The first kappa shape index (κ1) is 27.7. The van der Waals surface area contributed by atoms with Gasteiger partial charge in [0, 0.05) is 35.4 Å². The number of hydrogen-bond donors (Lipinski definition) is 2. The highest BCUT2D eigenvalue weighted by Crippen LogP contribution is 2.68. The van der Waals surface area contributed by atoms with Gasteiger partial charge in [-0.05, 0) is 54.2 Å². The van der Waals surface area contributed by atoms with Crippen molar-refractivity contribution in [2.45, 2.75) is 43.7 Å². The van der Waals surface area contributed by atoms with Gasteiger partial charge in [0.15, 0.2) is 0 Å². The number of rotatable bonds is 8. The van der Waals surface area contributed by atoms with E-state index in [1.807, 2.05) is 30.4 Å². The first-order valence-electron chi connectivity index (χ1n) is 13.6. The van der Waals surface area contributed by atoms with Crippen molar-refractivity contribution >= 4 is 33.0 Å². The molecule has 1 saturated carbocycles. The molecule has 2 unspecified atom stereocenters. The van der Waals surface area contributed by atoms with Crippen LogP contribution in [0.4, 0.5) is 26.3 Å². The lowest BCUT2D eigenvalue weighted by Gasteiger charge is -2.28. The van der Waals surface area contributed by atoms with Crippen LogP contribution < -0.4 is 10.6 Å². The second kappa shape index (κ2) is 10.2. The molecule has 1 aliphatic heterocycles. The Morgan fingerprint density at radius 1 is 1.16 bits per heavy atom. The van der Waals surface area contributed by atoms with Gasteiger partial charge in [-0.1, -0.05) is 18.2 Å². The number of dihydropyridines is 1. The molecular weight excluding hydrogens is 592 g/mol. The quantitative estimate of drug-likeness (QED) is 0.231. The van der Waals surface area contributed by atoms with Crippen molar-refractivity contribution < 1.29 is 31.1 Å². The van der Waals surface area contributed by atoms with Gasteiger partial charge in [-0.25, -0.2) is 22.5 Å². The summed E-state index contributed by atoms with van der Waals surface area (Å²) in [7, 11) is 0. The Morgan fingerprint density at radius 3 is 2.72 bits per heavy atom. The first-order valence-corrected chi connectivity index (χ1v) is 14.5. The molecule has 1 fully saturated rings. The van der Waals surface area contributed by atoms with Gasteiger partial charge < -0.3 is 10.6 Å². The molecule has 222 valence electrons. The minimum absolute atomic E-state index is 0.0567. The smallest absolute Gasteiger partial charge is 0.293 e. The molecule has 0 radical (unpaired) electrons. The summed E-state index contributed by atoms with van der Waals surface area (Å²) in [5, 5.41) is 9.77. The molecule has 43 heavy (non-hydrogen) atoms. The highest BCUT2D eigenvalue weighted by atomic mass is 32.1. The van der Waals surface area contributed by atoms with E-state index in [9.17, 15) is 22.4 Å². The summed E-state index contributed by atoms with van der Waals surface area (Å²) >= 11 is 1.48. The summed E-state index contributed by atoms with van der Waals surface area (Å²) in [5.74, 6) is -7.51. The van der Waals surface area contributed by atoms with Crippen LogP contribution in [0.1, 0.15) is 46.8 Å². The van der Waals surface area contributed by atoms with E-state index in [1.165, 1.54) is 11.3 Å². The summed E-state index contributed by atoms with van der Waals surface area (Å²) in [6.07, 6.45) is 0.708. The maximum Gasteiger partial charge on any atom is 0.293 e. The van der Waals surface area contributed by atoms with E-state index in [-0.39, 0.29) is 24.0 Å². The largest absolute Gasteiger partial charge is 0.383 e. The van der Waals surface area contributed by atoms with Crippen LogP contribution in [-0.4, -0.2) is 33.3 Å². The standard InChI is InChI=1S/C30H23F6N5OS/c31-16-6-14(7-17(32)10-16)8-22(26-18(2-1-5-37-26)15-3-4-23-21(9-15)38-13-43-23)39-24(42)12-41-28-25(27(40-41)29(33)34)19-11-20(19)30(28,35)36/h1-4,6-7,9-10,13,19-20,22,29,37H,5,8,11-12H2,(H,39,42)/t19?,20?,22-/m0/s1. The van der Waals surface area contributed by atoms with Crippen LogP contribution in [0.3, 0.4) is 0 Å². The first-order chi connectivity index (χ1) is 20.6. The number of halogens is 6. The fraction of sp³-hybridized carbons (Fsp3) is 0.300. The number of hydrogen-bond acceptors (Lipinski definition) is 5. The number of fused-ring (bicyclic) bond motifs is 4. The van der Waals surface area contributed by atoms with Gasteiger partial charge in [0.25, 0.3) is 12.3 Å². The highest BCUT2D eigenvalue weighted by Gasteiger charge is 2.67. The number of carbonyl (C=O) groups is 1. The van der Waals surface area contributed by atoms with Gasteiger partial charge in [0.05, 0.1) is 21.8 Å². The Bertz CT molecular complexity index is 1810. The minimum Gasteiger partial charge on any atom is -0.383 e. The maximum atomic E-state index is 15.1. The van der Waals surface area contributed by atoms with Crippen molar-refractivity contribution in [1.82, 2.24) is 25.4 Å². The van der Waals surface area contributed by atoms with E-state index >= 15 is 8.78 Å². The summed E-state index contributed by atoms with van der Waals surface area (Å²) in [6, 6.07) is 7.80. The Labute approximate surface area is 245 Å². The van der Waals surface area contributed by atoms with Crippen molar-refractivity contribution in [3.8, 4) is 0 Å². The van der Waals surface area contributed by atoms with Crippen molar-refractivity contribution in [3.63, 3.8) is 0 Å². The van der Waals surface area contributed by atoms with E-state index in [4.69, 9.17) is 0 Å². The van der Waals surface area contributed by atoms with E-state index in [0.29, 0.717) is 22.5 Å².